The van der Waals surface area contributed by atoms with Crippen LogP contribution in [0.4, 0.5) is 11.6 Å². The molecule has 0 atom stereocenters. The number of nitrogens with zero attached hydrogens (tertiary/aromatic N) is 2. The first-order valence-corrected chi connectivity index (χ1v) is 12.3. The number of para-hydroxylation sites is 1. The maximum Gasteiger partial charge on any atom is 0.141 e. The molecule has 4 rings (SSSR count). The minimum absolute atomic E-state index is 0.303. The summed E-state index contributed by atoms with van der Waals surface area (Å²) in [5.41, 5.74) is 7.83. The van der Waals surface area contributed by atoms with Crippen molar-refractivity contribution in [2.24, 2.45) is 11.8 Å². The van der Waals surface area contributed by atoms with Crippen molar-refractivity contribution in [1.29, 1.82) is 5.41 Å². The number of nitrogens with one attached hydrogen (secondary N) is 2. The summed E-state index contributed by atoms with van der Waals surface area (Å²) in [4.78, 5) is 8.63. The summed E-state index contributed by atoms with van der Waals surface area (Å²) in [6, 6.07) is 17.5. The summed E-state index contributed by atoms with van der Waals surface area (Å²) in [7, 11) is 0. The van der Waals surface area contributed by atoms with Crippen LogP contribution in [0.15, 0.2) is 60.9 Å². The first-order chi connectivity index (χ1) is 16.5. The van der Waals surface area contributed by atoms with Crippen LogP contribution in [-0.2, 0) is 0 Å². The molecule has 0 aliphatic heterocycles. The van der Waals surface area contributed by atoms with Gasteiger partial charge in [0.05, 0.1) is 11.3 Å². The van der Waals surface area contributed by atoms with Crippen molar-refractivity contribution in [1.82, 2.24) is 9.97 Å². The molecule has 0 saturated heterocycles. The maximum absolute atomic E-state index is 8.85. The summed E-state index contributed by atoms with van der Waals surface area (Å²) in [6.07, 6.45) is 8.81. The quantitative estimate of drug-likeness (QED) is 0.312. The zero-order valence-electron chi connectivity index (χ0n) is 20.1. The molecule has 1 aromatic heterocycles. The average molecular weight is 458 g/mol. The minimum atomic E-state index is 0.303. The van der Waals surface area contributed by atoms with Crippen molar-refractivity contribution in [3.8, 4) is 11.5 Å². The van der Waals surface area contributed by atoms with Gasteiger partial charge in [0.2, 0.25) is 0 Å². The van der Waals surface area contributed by atoms with Crippen molar-refractivity contribution in [2.75, 3.05) is 11.1 Å². The Morgan fingerprint density at radius 3 is 2.35 bits per heavy atom. The van der Waals surface area contributed by atoms with E-state index in [0.717, 1.165) is 36.0 Å². The van der Waals surface area contributed by atoms with Gasteiger partial charge < -0.3 is 15.8 Å². The van der Waals surface area contributed by atoms with Crippen LogP contribution in [0, 0.1) is 17.2 Å². The van der Waals surface area contributed by atoms with E-state index in [4.69, 9.17) is 15.9 Å². The molecule has 0 amide bonds. The van der Waals surface area contributed by atoms with Crippen LogP contribution in [0.2, 0.25) is 0 Å². The highest BCUT2D eigenvalue weighted by molar-refractivity contribution is 6.16. The number of rotatable bonds is 9. The predicted molar refractivity (Wildman–Crippen MR) is 139 cm³/mol. The number of nitrogens with two attached hydrogens (primary N) is 1. The van der Waals surface area contributed by atoms with E-state index in [2.05, 4.69) is 29.1 Å². The third-order valence-corrected chi connectivity index (χ3v) is 6.59. The second-order valence-electron chi connectivity index (χ2n) is 9.63. The summed E-state index contributed by atoms with van der Waals surface area (Å²) >= 11 is 0. The molecule has 6 heteroatoms. The normalized spacial score (nSPS) is 18.0. The number of aromatic nitrogens is 2. The van der Waals surface area contributed by atoms with E-state index < -0.39 is 0 Å². The lowest BCUT2D eigenvalue weighted by molar-refractivity contribution is 0.302. The highest BCUT2D eigenvalue weighted by Gasteiger charge is 2.24. The molecule has 2 aromatic carbocycles. The number of ether oxygens (including phenoxy) is 1. The number of hydrogen-bond acceptors (Lipinski definition) is 6. The van der Waals surface area contributed by atoms with Gasteiger partial charge in [0.1, 0.15) is 29.5 Å². The number of benzene rings is 2. The van der Waals surface area contributed by atoms with Crippen molar-refractivity contribution in [3.05, 3.63) is 72.1 Å². The zero-order chi connectivity index (χ0) is 23.9. The Labute approximate surface area is 202 Å². The van der Waals surface area contributed by atoms with Gasteiger partial charge in [0.25, 0.3) is 0 Å². The molecular formula is C28H35N5O. The molecule has 4 N–H and O–H groups in total. The van der Waals surface area contributed by atoms with Gasteiger partial charge in [-0.3, -0.25) is 5.41 Å². The molecule has 1 heterocycles. The second kappa shape index (κ2) is 11.1. The summed E-state index contributed by atoms with van der Waals surface area (Å²) in [6.45, 7) is 4.60. The Hall–Kier alpha value is -3.41. The first kappa shape index (κ1) is 23.7. The Bertz CT molecular complexity index is 1070. The van der Waals surface area contributed by atoms with Crippen LogP contribution in [-0.4, -0.2) is 21.7 Å². The first-order valence-electron chi connectivity index (χ1n) is 12.3. The van der Waals surface area contributed by atoms with Crippen LogP contribution in [0.5, 0.6) is 11.5 Å². The Kier molecular flexibility index (Phi) is 7.78. The van der Waals surface area contributed by atoms with Crippen molar-refractivity contribution in [2.45, 2.75) is 58.4 Å². The number of anilines is 2. The van der Waals surface area contributed by atoms with Gasteiger partial charge in [-0.2, -0.15) is 0 Å². The Balaban J connectivity index is 1.43. The third kappa shape index (κ3) is 6.13. The van der Waals surface area contributed by atoms with Crippen LogP contribution in [0.3, 0.4) is 0 Å². The highest BCUT2D eigenvalue weighted by atomic mass is 16.5. The lowest BCUT2D eigenvalue weighted by Gasteiger charge is -2.30. The van der Waals surface area contributed by atoms with Crippen molar-refractivity contribution >= 4 is 17.3 Å². The molecule has 0 unspecified atom stereocenters. The highest BCUT2D eigenvalue weighted by Crippen LogP contribution is 2.32. The molecule has 0 radical (unpaired) electrons. The summed E-state index contributed by atoms with van der Waals surface area (Å²) in [5, 5.41) is 12.4. The maximum atomic E-state index is 8.85. The summed E-state index contributed by atoms with van der Waals surface area (Å²) < 4.78 is 5.87. The molecular weight excluding hydrogens is 422 g/mol. The van der Waals surface area contributed by atoms with Crippen LogP contribution in [0.25, 0.3) is 0 Å². The Morgan fingerprint density at radius 2 is 1.68 bits per heavy atom. The predicted octanol–water partition coefficient (Wildman–Crippen LogP) is 6.67. The van der Waals surface area contributed by atoms with Crippen LogP contribution < -0.4 is 15.8 Å². The zero-order valence-corrected chi connectivity index (χ0v) is 20.1. The molecule has 178 valence electrons. The molecule has 1 aliphatic rings. The molecule has 34 heavy (non-hydrogen) atoms. The van der Waals surface area contributed by atoms with E-state index in [0.29, 0.717) is 34.7 Å². The molecule has 6 nitrogen and oxygen atoms in total. The van der Waals surface area contributed by atoms with Crippen LogP contribution in [0.1, 0.15) is 63.5 Å². The number of nitrogen functional groups attached to an aromatic ring is 1. The van der Waals surface area contributed by atoms with E-state index in [9.17, 15) is 0 Å². The van der Waals surface area contributed by atoms with Gasteiger partial charge in [-0.05, 0) is 73.9 Å². The average Bonchev–Trinajstić information content (AvgIpc) is 2.84. The van der Waals surface area contributed by atoms with E-state index in [-0.39, 0.29) is 0 Å². The smallest absolute Gasteiger partial charge is 0.141 e. The Morgan fingerprint density at radius 1 is 1.00 bits per heavy atom. The molecule has 0 spiro atoms. The molecule has 1 aliphatic carbocycles. The number of hydrogen-bond donors (Lipinski definition) is 3. The fourth-order valence-corrected chi connectivity index (χ4v) is 4.57. The minimum Gasteiger partial charge on any atom is -0.457 e. The molecule has 1 fully saturated rings. The van der Waals surface area contributed by atoms with E-state index in [1.165, 1.54) is 32.0 Å². The topological polar surface area (TPSA) is 96.9 Å². The van der Waals surface area contributed by atoms with Gasteiger partial charge in [-0.1, -0.05) is 44.9 Å². The lowest BCUT2D eigenvalue weighted by atomic mass is 9.82. The van der Waals surface area contributed by atoms with E-state index in [1.54, 1.807) is 0 Å². The van der Waals surface area contributed by atoms with Crippen molar-refractivity contribution in [3.63, 3.8) is 0 Å². The third-order valence-electron chi connectivity index (χ3n) is 6.59. The van der Waals surface area contributed by atoms with Crippen LogP contribution >= 0.6 is 0 Å². The van der Waals surface area contributed by atoms with E-state index >= 15 is 0 Å². The van der Waals surface area contributed by atoms with Gasteiger partial charge in [-0.25, -0.2) is 9.97 Å². The van der Waals surface area contributed by atoms with Gasteiger partial charge in [-0.15, -0.1) is 0 Å². The standard InChI is InChI=1S/C28H35N5O/c1-19(2)8-9-20-10-14-22(15-11-20)33-28-25(27(30)31-18-32-28)26(29)21-12-16-24(17-13-21)34-23-6-4-3-5-7-23/h3-7,12-13,16-20,22,29H,8-11,14-15H2,1-2H3,(H3,30,31,32,33). The lowest BCUT2D eigenvalue weighted by Crippen LogP contribution is -2.28. The second-order valence-corrected chi connectivity index (χ2v) is 9.63. The molecule has 1 saturated carbocycles. The fraction of sp³-hybridized carbons (Fsp3) is 0.393. The summed E-state index contributed by atoms with van der Waals surface area (Å²) in [5.74, 6) is 4.05. The molecule has 3 aromatic rings. The fourth-order valence-electron chi connectivity index (χ4n) is 4.57. The molecule has 0 bridgehead atoms. The van der Waals surface area contributed by atoms with Gasteiger partial charge >= 0.3 is 0 Å². The van der Waals surface area contributed by atoms with Gasteiger partial charge in [0.15, 0.2) is 0 Å². The monoisotopic (exact) mass is 457 g/mol. The largest absolute Gasteiger partial charge is 0.457 e. The van der Waals surface area contributed by atoms with E-state index in [1.807, 2.05) is 54.6 Å². The van der Waals surface area contributed by atoms with Gasteiger partial charge in [0, 0.05) is 11.6 Å². The SMILES string of the molecule is CC(C)CCC1CCC(Nc2ncnc(N)c2C(=N)c2ccc(Oc3ccccc3)cc2)CC1. The van der Waals surface area contributed by atoms with Crippen molar-refractivity contribution < 1.29 is 4.74 Å².